The van der Waals surface area contributed by atoms with Crippen LogP contribution in [0.5, 0.6) is 11.5 Å². The highest BCUT2D eigenvalue weighted by Gasteiger charge is 2.30. The Morgan fingerprint density at radius 3 is 2.79 bits per heavy atom. The largest absolute Gasteiger partial charge is 0.481 e. The molecular weight excluding hydrogens is 358 g/mol. The Bertz CT molecular complexity index is 1140. The van der Waals surface area contributed by atoms with Crippen LogP contribution in [-0.4, -0.2) is 30.0 Å². The minimum absolute atomic E-state index is 0.175. The molecule has 0 atom stereocenters. The number of para-hydroxylation sites is 1. The van der Waals surface area contributed by atoms with Crippen LogP contribution in [0.15, 0.2) is 48.4 Å². The second-order valence-electron chi connectivity index (χ2n) is 6.58. The SMILES string of the molecule is COC(=O)COc1ccc2c(c1C)OC(=Cc1cn(C)c3ccccc13)C2=O. The van der Waals surface area contributed by atoms with Gasteiger partial charge in [-0.05, 0) is 31.2 Å². The fourth-order valence-corrected chi connectivity index (χ4v) is 3.35. The lowest BCUT2D eigenvalue weighted by molar-refractivity contribution is -0.142. The number of aromatic nitrogens is 1. The van der Waals surface area contributed by atoms with Crippen LogP contribution in [-0.2, 0) is 16.6 Å². The number of aryl methyl sites for hydroxylation is 1. The third-order valence-corrected chi connectivity index (χ3v) is 4.82. The lowest BCUT2D eigenvalue weighted by Gasteiger charge is -2.10. The molecule has 4 rings (SSSR count). The summed E-state index contributed by atoms with van der Waals surface area (Å²) in [7, 11) is 3.26. The second-order valence-corrected chi connectivity index (χ2v) is 6.58. The molecule has 6 nitrogen and oxygen atoms in total. The van der Waals surface area contributed by atoms with Gasteiger partial charge in [0.15, 0.2) is 12.4 Å². The average Bonchev–Trinajstić information content (AvgIpc) is 3.19. The van der Waals surface area contributed by atoms with Crippen LogP contribution in [0.2, 0.25) is 0 Å². The molecule has 0 unspecified atom stereocenters. The summed E-state index contributed by atoms with van der Waals surface area (Å²) >= 11 is 0. The molecule has 1 aliphatic heterocycles. The summed E-state index contributed by atoms with van der Waals surface area (Å²) < 4.78 is 18.0. The summed E-state index contributed by atoms with van der Waals surface area (Å²) in [5.74, 6) is 0.542. The van der Waals surface area contributed by atoms with Gasteiger partial charge in [-0.3, -0.25) is 4.79 Å². The van der Waals surface area contributed by atoms with E-state index < -0.39 is 5.97 Å². The normalized spacial score (nSPS) is 14.2. The van der Waals surface area contributed by atoms with E-state index in [4.69, 9.17) is 9.47 Å². The molecule has 3 aromatic rings. The number of allylic oxidation sites excluding steroid dienone is 1. The number of benzene rings is 2. The first-order valence-electron chi connectivity index (χ1n) is 8.81. The molecule has 1 aromatic heterocycles. The summed E-state index contributed by atoms with van der Waals surface area (Å²) in [4.78, 5) is 24.1. The van der Waals surface area contributed by atoms with E-state index in [9.17, 15) is 9.59 Å². The van der Waals surface area contributed by atoms with Crippen molar-refractivity contribution in [2.75, 3.05) is 13.7 Å². The van der Waals surface area contributed by atoms with Crippen LogP contribution in [0.4, 0.5) is 0 Å². The quantitative estimate of drug-likeness (QED) is 0.513. The molecule has 0 bridgehead atoms. The average molecular weight is 377 g/mol. The van der Waals surface area contributed by atoms with Crippen molar-refractivity contribution in [3.63, 3.8) is 0 Å². The first-order valence-corrected chi connectivity index (χ1v) is 8.81. The minimum atomic E-state index is -0.478. The van der Waals surface area contributed by atoms with Gasteiger partial charge in [-0.15, -0.1) is 0 Å². The van der Waals surface area contributed by atoms with Gasteiger partial charge in [0.25, 0.3) is 0 Å². The van der Waals surface area contributed by atoms with E-state index >= 15 is 0 Å². The van der Waals surface area contributed by atoms with E-state index in [-0.39, 0.29) is 18.1 Å². The third kappa shape index (κ3) is 2.93. The summed E-state index contributed by atoms with van der Waals surface area (Å²) in [5.41, 5.74) is 3.13. The standard InChI is InChI=1S/C22H19NO5/c1-13-18(27-12-20(24)26-3)9-8-16-21(25)19(28-22(13)16)10-14-11-23(2)17-7-5-4-6-15(14)17/h4-11H,12H2,1-3H3. The Morgan fingerprint density at radius 2 is 2.00 bits per heavy atom. The first kappa shape index (κ1) is 17.9. The number of nitrogens with zero attached hydrogens (tertiary/aromatic N) is 1. The molecular formula is C22H19NO5. The molecule has 2 aromatic carbocycles. The number of Topliss-reactive ketones (excluding diaryl/α,β-unsaturated/α-hetero) is 1. The van der Waals surface area contributed by atoms with Gasteiger partial charge < -0.3 is 18.8 Å². The van der Waals surface area contributed by atoms with Crippen LogP contribution < -0.4 is 9.47 Å². The number of hydrogen-bond donors (Lipinski definition) is 0. The lowest BCUT2D eigenvalue weighted by Crippen LogP contribution is -2.13. The van der Waals surface area contributed by atoms with Crippen molar-refractivity contribution in [2.45, 2.75) is 6.92 Å². The monoisotopic (exact) mass is 377 g/mol. The predicted octanol–water partition coefficient (Wildman–Crippen LogP) is 3.65. The van der Waals surface area contributed by atoms with Gasteiger partial charge in [-0.25, -0.2) is 4.79 Å². The predicted molar refractivity (Wildman–Crippen MR) is 105 cm³/mol. The molecule has 0 fully saturated rings. The van der Waals surface area contributed by atoms with Crippen molar-refractivity contribution >= 4 is 28.7 Å². The van der Waals surface area contributed by atoms with Crippen LogP contribution in [0.3, 0.4) is 0 Å². The topological polar surface area (TPSA) is 66.8 Å². The van der Waals surface area contributed by atoms with E-state index in [1.165, 1.54) is 7.11 Å². The number of carbonyl (C=O) groups is 2. The van der Waals surface area contributed by atoms with Gasteiger partial charge in [-0.1, -0.05) is 18.2 Å². The molecule has 0 spiro atoms. The van der Waals surface area contributed by atoms with Crippen LogP contribution in [0, 0.1) is 6.92 Å². The maximum atomic E-state index is 12.8. The maximum absolute atomic E-state index is 12.8. The van der Waals surface area contributed by atoms with Crippen molar-refractivity contribution in [1.82, 2.24) is 4.57 Å². The van der Waals surface area contributed by atoms with Gasteiger partial charge in [0.2, 0.25) is 5.78 Å². The lowest BCUT2D eigenvalue weighted by atomic mass is 10.1. The highest BCUT2D eigenvalue weighted by Crippen LogP contribution is 2.39. The van der Waals surface area contributed by atoms with E-state index in [0.717, 1.165) is 16.5 Å². The Kier molecular flexibility index (Phi) is 4.39. The molecule has 6 heteroatoms. The Morgan fingerprint density at radius 1 is 1.21 bits per heavy atom. The molecule has 2 heterocycles. The van der Waals surface area contributed by atoms with Crippen molar-refractivity contribution in [3.05, 3.63) is 65.0 Å². The zero-order valence-corrected chi connectivity index (χ0v) is 15.8. The number of rotatable bonds is 4. The maximum Gasteiger partial charge on any atom is 0.343 e. The van der Waals surface area contributed by atoms with Crippen molar-refractivity contribution in [1.29, 1.82) is 0 Å². The number of hydrogen-bond acceptors (Lipinski definition) is 5. The fraction of sp³-hybridized carbons (Fsp3) is 0.182. The van der Waals surface area contributed by atoms with Gasteiger partial charge in [0.1, 0.15) is 11.5 Å². The van der Waals surface area contributed by atoms with Gasteiger partial charge in [-0.2, -0.15) is 0 Å². The molecule has 142 valence electrons. The number of esters is 1. The number of fused-ring (bicyclic) bond motifs is 2. The van der Waals surface area contributed by atoms with Crippen LogP contribution >= 0.6 is 0 Å². The zero-order valence-electron chi connectivity index (χ0n) is 15.8. The Hall–Kier alpha value is -3.54. The summed E-state index contributed by atoms with van der Waals surface area (Å²) in [6, 6.07) is 11.3. The van der Waals surface area contributed by atoms with Gasteiger partial charge >= 0.3 is 5.97 Å². The summed E-state index contributed by atoms with van der Waals surface area (Å²) in [6.07, 6.45) is 3.73. The van der Waals surface area contributed by atoms with Gasteiger partial charge in [0, 0.05) is 35.3 Å². The fourth-order valence-electron chi connectivity index (χ4n) is 3.35. The summed E-state index contributed by atoms with van der Waals surface area (Å²) in [5, 5.41) is 1.05. The van der Waals surface area contributed by atoms with Crippen LogP contribution in [0.1, 0.15) is 21.5 Å². The zero-order chi connectivity index (χ0) is 19.8. The van der Waals surface area contributed by atoms with E-state index in [1.54, 1.807) is 25.1 Å². The molecule has 1 aliphatic rings. The van der Waals surface area contributed by atoms with E-state index in [1.807, 2.05) is 42.1 Å². The van der Waals surface area contributed by atoms with Crippen molar-refractivity contribution in [3.8, 4) is 11.5 Å². The molecule has 0 N–H and O–H groups in total. The molecule has 0 saturated heterocycles. The smallest absolute Gasteiger partial charge is 0.343 e. The molecule has 0 saturated carbocycles. The second kappa shape index (κ2) is 6.88. The molecule has 0 radical (unpaired) electrons. The Balaban J connectivity index is 1.68. The highest BCUT2D eigenvalue weighted by molar-refractivity contribution is 6.15. The minimum Gasteiger partial charge on any atom is -0.481 e. The first-order chi connectivity index (χ1) is 13.5. The molecule has 0 amide bonds. The molecule has 0 aliphatic carbocycles. The van der Waals surface area contributed by atoms with Gasteiger partial charge in [0.05, 0.1) is 12.7 Å². The number of ketones is 1. The van der Waals surface area contributed by atoms with Crippen LogP contribution in [0.25, 0.3) is 17.0 Å². The van der Waals surface area contributed by atoms with E-state index in [0.29, 0.717) is 22.6 Å². The van der Waals surface area contributed by atoms with E-state index in [2.05, 4.69) is 4.74 Å². The van der Waals surface area contributed by atoms with Crippen molar-refractivity contribution in [2.24, 2.45) is 7.05 Å². The molecule has 28 heavy (non-hydrogen) atoms. The number of carbonyl (C=O) groups excluding carboxylic acids is 2. The summed E-state index contributed by atoms with van der Waals surface area (Å²) in [6.45, 7) is 1.59. The van der Waals surface area contributed by atoms with Crippen molar-refractivity contribution < 1.29 is 23.8 Å². The number of ether oxygens (including phenoxy) is 3. The third-order valence-electron chi connectivity index (χ3n) is 4.82. The highest BCUT2D eigenvalue weighted by atomic mass is 16.6. The Labute approximate surface area is 161 Å². The number of methoxy groups -OCH3 is 1.